The molecule has 0 spiro atoms. The standard InChI is InChI=1S/C22H20N4O3/c1-13-10-21(27)24-17-11-14(8-9-15(13)17)23-22(28)19-12-18(25-26(19)2)16-6-4-5-7-20(16)29-3/h4-12,15H,1-3H3,(H,24,27). The Kier molecular flexibility index (Phi) is 4.72. The third-order valence-corrected chi connectivity index (χ3v) is 4.93. The van der Waals surface area contributed by atoms with Crippen LogP contribution in [0.15, 0.2) is 70.9 Å². The van der Waals surface area contributed by atoms with Crippen molar-refractivity contribution in [2.24, 2.45) is 18.0 Å². The van der Waals surface area contributed by atoms with Gasteiger partial charge in [0.1, 0.15) is 11.4 Å². The molecule has 2 amide bonds. The van der Waals surface area contributed by atoms with Gasteiger partial charge in [0.25, 0.3) is 5.91 Å². The molecule has 0 saturated heterocycles. The van der Waals surface area contributed by atoms with Crippen LogP contribution in [-0.4, -0.2) is 34.4 Å². The van der Waals surface area contributed by atoms with Crippen LogP contribution in [0, 0.1) is 5.92 Å². The van der Waals surface area contributed by atoms with Crippen molar-refractivity contribution in [1.82, 2.24) is 15.1 Å². The summed E-state index contributed by atoms with van der Waals surface area (Å²) in [6, 6.07) is 9.19. The van der Waals surface area contributed by atoms with Gasteiger partial charge in [0.15, 0.2) is 0 Å². The van der Waals surface area contributed by atoms with Crippen LogP contribution in [0.3, 0.4) is 0 Å². The number of allylic oxidation sites excluding steroid dienone is 3. The second kappa shape index (κ2) is 7.35. The fraction of sp³-hybridized carbons (Fsp3) is 0.182. The summed E-state index contributed by atoms with van der Waals surface area (Å²) in [4.78, 5) is 28.7. The van der Waals surface area contributed by atoms with Crippen molar-refractivity contribution >= 4 is 17.5 Å². The summed E-state index contributed by atoms with van der Waals surface area (Å²) in [5, 5.41) is 7.25. The van der Waals surface area contributed by atoms with Crippen molar-refractivity contribution in [2.75, 3.05) is 7.11 Å². The van der Waals surface area contributed by atoms with Crippen LogP contribution in [0.25, 0.3) is 11.3 Å². The lowest BCUT2D eigenvalue weighted by atomic mass is 9.89. The molecule has 1 atom stereocenters. The van der Waals surface area contributed by atoms with E-state index < -0.39 is 5.91 Å². The van der Waals surface area contributed by atoms with Crippen LogP contribution in [-0.2, 0) is 11.8 Å². The van der Waals surface area contributed by atoms with Gasteiger partial charge in [-0.1, -0.05) is 23.8 Å². The Morgan fingerprint density at radius 2 is 2.07 bits per heavy atom. The predicted octanol–water partition coefficient (Wildman–Crippen LogP) is 2.82. The molecule has 0 radical (unpaired) electrons. The van der Waals surface area contributed by atoms with E-state index in [0.717, 1.165) is 16.8 Å². The van der Waals surface area contributed by atoms with Gasteiger partial charge in [-0.25, -0.2) is 4.99 Å². The Balaban J connectivity index is 1.63. The van der Waals surface area contributed by atoms with E-state index in [1.54, 1.807) is 38.5 Å². The lowest BCUT2D eigenvalue weighted by Gasteiger charge is -2.25. The first-order chi connectivity index (χ1) is 14.0. The van der Waals surface area contributed by atoms with Crippen molar-refractivity contribution in [1.29, 1.82) is 0 Å². The predicted molar refractivity (Wildman–Crippen MR) is 110 cm³/mol. The van der Waals surface area contributed by atoms with Crippen LogP contribution in [0.1, 0.15) is 17.4 Å². The highest BCUT2D eigenvalue weighted by molar-refractivity contribution is 6.14. The Morgan fingerprint density at radius 3 is 2.86 bits per heavy atom. The molecule has 0 fully saturated rings. The number of aromatic nitrogens is 2. The molecule has 1 unspecified atom stereocenters. The minimum absolute atomic E-state index is 0.00982. The molecule has 1 aliphatic carbocycles. The molecular formula is C22H20N4O3. The van der Waals surface area contributed by atoms with Crippen LogP contribution in [0.5, 0.6) is 5.75 Å². The number of para-hydroxylation sites is 1. The average Bonchev–Trinajstić information content (AvgIpc) is 3.09. The second-order valence-corrected chi connectivity index (χ2v) is 6.89. The highest BCUT2D eigenvalue weighted by Crippen LogP contribution is 2.29. The maximum Gasteiger partial charge on any atom is 0.295 e. The number of fused-ring (bicyclic) bond motifs is 1. The average molecular weight is 388 g/mol. The Labute approximate surface area is 168 Å². The van der Waals surface area contributed by atoms with Gasteiger partial charge in [-0.05, 0) is 37.3 Å². The molecule has 1 N–H and O–H groups in total. The number of carbonyl (C=O) groups excluding carboxylic acids is 2. The van der Waals surface area contributed by atoms with E-state index in [1.165, 1.54) is 4.68 Å². The highest BCUT2D eigenvalue weighted by Gasteiger charge is 2.24. The summed E-state index contributed by atoms with van der Waals surface area (Å²) in [6.07, 6.45) is 7.03. The van der Waals surface area contributed by atoms with Gasteiger partial charge in [0, 0.05) is 30.3 Å². The zero-order valence-corrected chi connectivity index (χ0v) is 16.3. The minimum Gasteiger partial charge on any atom is -0.496 e. The summed E-state index contributed by atoms with van der Waals surface area (Å²) in [5.74, 6) is 0.110. The second-order valence-electron chi connectivity index (χ2n) is 6.89. The molecule has 1 aromatic heterocycles. The molecule has 0 bridgehead atoms. The van der Waals surface area contributed by atoms with Crippen molar-refractivity contribution < 1.29 is 14.3 Å². The van der Waals surface area contributed by atoms with Gasteiger partial charge in [-0.2, -0.15) is 5.10 Å². The van der Waals surface area contributed by atoms with Crippen molar-refractivity contribution in [2.45, 2.75) is 6.92 Å². The van der Waals surface area contributed by atoms with Crippen molar-refractivity contribution in [3.63, 3.8) is 0 Å². The van der Waals surface area contributed by atoms with E-state index in [0.29, 0.717) is 22.8 Å². The number of aliphatic imine (C=N–C) groups is 1. The zero-order chi connectivity index (χ0) is 20.5. The summed E-state index contributed by atoms with van der Waals surface area (Å²) in [6.45, 7) is 1.91. The molecule has 2 aliphatic rings. The maximum absolute atomic E-state index is 12.8. The number of amides is 2. The van der Waals surface area contributed by atoms with Crippen LogP contribution in [0.2, 0.25) is 0 Å². The topological polar surface area (TPSA) is 85.6 Å². The van der Waals surface area contributed by atoms with Gasteiger partial charge in [-0.15, -0.1) is 0 Å². The monoisotopic (exact) mass is 388 g/mol. The maximum atomic E-state index is 12.8. The lowest BCUT2D eigenvalue weighted by Crippen LogP contribution is -2.32. The van der Waals surface area contributed by atoms with Gasteiger partial charge >= 0.3 is 0 Å². The van der Waals surface area contributed by atoms with Crippen molar-refractivity contribution in [3.05, 3.63) is 71.6 Å². The number of ether oxygens (including phenoxy) is 1. The summed E-state index contributed by atoms with van der Waals surface area (Å²) in [5.41, 5.74) is 3.95. The van der Waals surface area contributed by atoms with Crippen molar-refractivity contribution in [3.8, 4) is 17.0 Å². The van der Waals surface area contributed by atoms with E-state index in [9.17, 15) is 9.59 Å². The SMILES string of the molecule is COc1ccccc1-c1cc(C(=O)N=C2C=CC3C(C)=CC(=O)NC3=C2)n(C)n1. The van der Waals surface area contributed by atoms with Gasteiger partial charge < -0.3 is 10.1 Å². The Hall–Kier alpha value is -3.74. The third-order valence-electron chi connectivity index (χ3n) is 4.93. The molecule has 2 aromatic rings. The smallest absolute Gasteiger partial charge is 0.295 e. The first-order valence-corrected chi connectivity index (χ1v) is 9.15. The highest BCUT2D eigenvalue weighted by atomic mass is 16.5. The van der Waals surface area contributed by atoms with Gasteiger partial charge in [0.05, 0.1) is 18.5 Å². The van der Waals surface area contributed by atoms with Gasteiger partial charge in [0.2, 0.25) is 5.91 Å². The summed E-state index contributed by atoms with van der Waals surface area (Å²) < 4.78 is 6.89. The number of benzene rings is 1. The largest absolute Gasteiger partial charge is 0.496 e. The lowest BCUT2D eigenvalue weighted by molar-refractivity contribution is -0.116. The molecule has 2 heterocycles. The number of nitrogens with one attached hydrogen (secondary N) is 1. The fourth-order valence-electron chi connectivity index (χ4n) is 3.48. The van der Waals surface area contributed by atoms with E-state index in [2.05, 4.69) is 15.4 Å². The van der Waals surface area contributed by atoms with Crippen LogP contribution in [0.4, 0.5) is 0 Å². The van der Waals surface area contributed by atoms with E-state index in [4.69, 9.17) is 4.74 Å². The number of aryl methyl sites for hydroxylation is 1. The molecule has 4 rings (SSSR count). The third kappa shape index (κ3) is 3.54. The molecular weight excluding hydrogens is 368 g/mol. The number of methoxy groups -OCH3 is 1. The number of rotatable bonds is 3. The number of hydrogen-bond donors (Lipinski definition) is 1. The van der Waals surface area contributed by atoms with E-state index in [-0.39, 0.29) is 11.8 Å². The zero-order valence-electron chi connectivity index (χ0n) is 16.3. The van der Waals surface area contributed by atoms with E-state index >= 15 is 0 Å². The van der Waals surface area contributed by atoms with E-state index in [1.807, 2.05) is 37.3 Å². The van der Waals surface area contributed by atoms with Crippen LogP contribution < -0.4 is 10.1 Å². The molecule has 7 nitrogen and oxygen atoms in total. The molecule has 146 valence electrons. The molecule has 1 aliphatic heterocycles. The quantitative estimate of drug-likeness (QED) is 0.876. The fourth-order valence-corrected chi connectivity index (χ4v) is 3.48. The van der Waals surface area contributed by atoms with Gasteiger partial charge in [-0.3, -0.25) is 14.3 Å². The Bertz CT molecular complexity index is 1130. The normalized spacial score (nSPS) is 19.3. The summed E-state index contributed by atoms with van der Waals surface area (Å²) >= 11 is 0. The first kappa shape index (κ1) is 18.6. The minimum atomic E-state index is -0.412. The summed E-state index contributed by atoms with van der Waals surface area (Å²) in [7, 11) is 3.30. The molecule has 0 saturated carbocycles. The Morgan fingerprint density at radius 1 is 1.28 bits per heavy atom. The number of hydrogen-bond acceptors (Lipinski definition) is 4. The molecule has 1 aromatic carbocycles. The first-order valence-electron chi connectivity index (χ1n) is 9.15. The molecule has 29 heavy (non-hydrogen) atoms. The molecule has 7 heteroatoms. The number of carbonyl (C=O) groups is 2. The van der Waals surface area contributed by atoms with Crippen LogP contribution >= 0.6 is 0 Å². The number of nitrogens with zero attached hydrogens (tertiary/aromatic N) is 3.